The Morgan fingerprint density at radius 2 is 2.10 bits per heavy atom. The van der Waals surface area contributed by atoms with Gasteiger partial charge in [0, 0.05) is 18.1 Å². The zero-order valence-electron chi connectivity index (χ0n) is 11.5. The maximum absolute atomic E-state index is 10.7. The van der Waals surface area contributed by atoms with E-state index in [1.54, 1.807) is 12.3 Å². The van der Waals surface area contributed by atoms with Crippen LogP contribution in [0.2, 0.25) is 0 Å². The molecule has 0 aliphatic carbocycles. The van der Waals surface area contributed by atoms with Gasteiger partial charge in [-0.1, -0.05) is 12.1 Å². The number of benzene rings is 1. The molecule has 0 aliphatic heterocycles. The molecule has 6 heteroatoms. The molecule has 2 aromatic heterocycles. The Bertz CT molecular complexity index is 756. The number of nitrogens with zero attached hydrogens (tertiary/aromatic N) is 1. The first kappa shape index (κ1) is 15.6. The molecule has 1 N–H and O–H groups in total. The van der Waals surface area contributed by atoms with Crippen molar-refractivity contribution < 1.29 is 43.9 Å². The number of aromatic carboxylic acids is 1. The molecule has 0 radical (unpaired) electrons. The number of carbonyl (C=O) groups excluding carboxylic acids is 1. The van der Waals surface area contributed by atoms with E-state index in [0.717, 1.165) is 16.8 Å². The summed E-state index contributed by atoms with van der Waals surface area (Å²) in [5, 5.41) is 14.7. The summed E-state index contributed by atoms with van der Waals surface area (Å²) in [5.74, 6) is -0.681. The molecule has 0 saturated carbocycles. The predicted octanol–water partition coefficient (Wildman–Crippen LogP) is -1.19. The molecular weight excluding hydrogens is 279 g/mol. The van der Waals surface area contributed by atoms with Crippen LogP contribution in [0.25, 0.3) is 11.0 Å². The third-order valence-electron chi connectivity index (χ3n) is 2.92. The van der Waals surface area contributed by atoms with E-state index in [1.165, 1.54) is 6.07 Å². The van der Waals surface area contributed by atoms with Gasteiger partial charge in [0.2, 0.25) is 0 Å². The minimum Gasteiger partial charge on any atom is -0.542 e. The van der Waals surface area contributed by atoms with E-state index in [1.807, 2.05) is 30.3 Å². The van der Waals surface area contributed by atoms with E-state index in [-0.39, 0.29) is 35.3 Å². The number of hydrogen-bond acceptors (Lipinski definition) is 5. The Balaban J connectivity index is 0.00000161. The summed E-state index contributed by atoms with van der Waals surface area (Å²) in [7, 11) is 0. The van der Waals surface area contributed by atoms with Crippen molar-refractivity contribution in [2.75, 3.05) is 5.32 Å². The quantitative estimate of drug-likeness (QED) is 0.611. The summed E-state index contributed by atoms with van der Waals surface area (Å²) in [6, 6.07) is 12.6. The van der Waals surface area contributed by atoms with Gasteiger partial charge in [-0.3, -0.25) is 0 Å². The molecule has 1 aromatic carbocycles. The SMILES string of the molecule is O=C([O-])c1cc2cc(CNc3ccccn3)ccc2o1.[Na+]. The average molecular weight is 290 g/mol. The predicted molar refractivity (Wildman–Crippen MR) is 72.1 cm³/mol. The number of nitrogens with one attached hydrogen (secondary N) is 1. The third-order valence-corrected chi connectivity index (χ3v) is 2.92. The molecule has 100 valence electrons. The second-order valence-corrected chi connectivity index (χ2v) is 4.34. The molecule has 0 spiro atoms. The first-order chi connectivity index (χ1) is 9.72. The fourth-order valence-corrected chi connectivity index (χ4v) is 1.96. The van der Waals surface area contributed by atoms with Gasteiger partial charge in [0.1, 0.15) is 17.4 Å². The second-order valence-electron chi connectivity index (χ2n) is 4.34. The maximum atomic E-state index is 10.7. The Labute approximate surface area is 143 Å². The first-order valence-electron chi connectivity index (χ1n) is 6.11. The van der Waals surface area contributed by atoms with Crippen molar-refractivity contribution in [3.8, 4) is 0 Å². The Hall–Kier alpha value is -1.82. The Kier molecular flexibility index (Phi) is 5.01. The first-order valence-corrected chi connectivity index (χ1v) is 6.11. The average Bonchev–Trinajstić information content (AvgIpc) is 2.89. The Morgan fingerprint density at radius 1 is 1.24 bits per heavy atom. The van der Waals surface area contributed by atoms with Crippen molar-refractivity contribution in [3.05, 3.63) is 60.0 Å². The van der Waals surface area contributed by atoms with E-state index < -0.39 is 5.97 Å². The van der Waals surface area contributed by atoms with Gasteiger partial charge >= 0.3 is 29.6 Å². The fourth-order valence-electron chi connectivity index (χ4n) is 1.96. The number of rotatable bonds is 4. The zero-order chi connectivity index (χ0) is 13.9. The van der Waals surface area contributed by atoms with E-state index in [9.17, 15) is 9.90 Å². The van der Waals surface area contributed by atoms with Crippen LogP contribution >= 0.6 is 0 Å². The molecule has 21 heavy (non-hydrogen) atoms. The number of fused-ring (bicyclic) bond motifs is 1. The zero-order valence-corrected chi connectivity index (χ0v) is 13.5. The summed E-state index contributed by atoms with van der Waals surface area (Å²) in [5.41, 5.74) is 1.54. The number of pyridine rings is 1. The molecule has 0 bridgehead atoms. The van der Waals surface area contributed by atoms with Crippen LogP contribution < -0.4 is 40.0 Å². The van der Waals surface area contributed by atoms with Gasteiger partial charge in [0.25, 0.3) is 0 Å². The van der Waals surface area contributed by atoms with Gasteiger partial charge in [-0.15, -0.1) is 0 Å². The third kappa shape index (κ3) is 3.64. The summed E-state index contributed by atoms with van der Waals surface area (Å²) >= 11 is 0. The van der Waals surface area contributed by atoms with Gasteiger partial charge in [-0.2, -0.15) is 0 Å². The molecule has 0 amide bonds. The molecule has 5 nitrogen and oxygen atoms in total. The van der Waals surface area contributed by atoms with Crippen molar-refractivity contribution in [2.45, 2.75) is 6.54 Å². The number of furan rings is 1. The van der Waals surface area contributed by atoms with Gasteiger partial charge in [0.05, 0.1) is 0 Å². The van der Waals surface area contributed by atoms with Crippen LogP contribution in [0.1, 0.15) is 16.1 Å². The van der Waals surface area contributed by atoms with Crippen LogP contribution in [0.15, 0.2) is 53.1 Å². The largest absolute Gasteiger partial charge is 1.00 e. The monoisotopic (exact) mass is 290 g/mol. The number of anilines is 1. The van der Waals surface area contributed by atoms with Crippen molar-refractivity contribution >= 4 is 22.8 Å². The van der Waals surface area contributed by atoms with Crippen molar-refractivity contribution in [2.24, 2.45) is 0 Å². The molecule has 0 aliphatic rings. The van der Waals surface area contributed by atoms with Gasteiger partial charge in [-0.05, 0) is 35.9 Å². The molecule has 3 aromatic rings. The molecular formula is C15H11N2NaO3. The van der Waals surface area contributed by atoms with Gasteiger partial charge < -0.3 is 19.6 Å². The summed E-state index contributed by atoms with van der Waals surface area (Å²) in [6.45, 7) is 0.596. The van der Waals surface area contributed by atoms with Crippen molar-refractivity contribution in [1.29, 1.82) is 0 Å². The van der Waals surface area contributed by atoms with Crippen molar-refractivity contribution in [3.63, 3.8) is 0 Å². The smallest absolute Gasteiger partial charge is 0.542 e. The maximum Gasteiger partial charge on any atom is 1.00 e. The number of aromatic nitrogens is 1. The number of carboxylic acid groups (broad SMARTS) is 1. The number of carboxylic acids is 1. The van der Waals surface area contributed by atoms with E-state index >= 15 is 0 Å². The molecule has 2 heterocycles. The van der Waals surface area contributed by atoms with Crippen molar-refractivity contribution in [1.82, 2.24) is 4.98 Å². The second kappa shape index (κ2) is 6.76. The van der Waals surface area contributed by atoms with E-state index in [0.29, 0.717) is 12.1 Å². The normalized spacial score (nSPS) is 10.1. The van der Waals surface area contributed by atoms with Crippen LogP contribution in [0.5, 0.6) is 0 Å². The minimum atomic E-state index is -1.31. The molecule has 0 atom stereocenters. The molecule has 0 saturated heterocycles. The Morgan fingerprint density at radius 3 is 2.81 bits per heavy atom. The minimum absolute atomic E-state index is 0. The van der Waals surface area contributed by atoms with Crippen LogP contribution in [0, 0.1) is 0 Å². The number of hydrogen-bond donors (Lipinski definition) is 1. The molecule has 0 fully saturated rings. The van der Waals surface area contributed by atoms with Gasteiger partial charge in [0.15, 0.2) is 5.76 Å². The van der Waals surface area contributed by atoms with Crippen LogP contribution in [0.4, 0.5) is 5.82 Å². The molecule has 3 rings (SSSR count). The standard InChI is InChI=1S/C15H12N2O3.Na/c18-15(19)13-8-11-7-10(4-5-12(11)20-13)9-17-14-3-1-2-6-16-14;/h1-8H,9H2,(H,16,17)(H,18,19);/q;+1/p-1. The summed E-state index contributed by atoms with van der Waals surface area (Å²) < 4.78 is 5.15. The topological polar surface area (TPSA) is 78.2 Å². The van der Waals surface area contributed by atoms with E-state index in [4.69, 9.17) is 4.42 Å². The van der Waals surface area contributed by atoms with Crippen LogP contribution in [-0.4, -0.2) is 11.0 Å². The summed E-state index contributed by atoms with van der Waals surface area (Å²) in [6.07, 6.45) is 1.72. The summed E-state index contributed by atoms with van der Waals surface area (Å²) in [4.78, 5) is 14.9. The van der Waals surface area contributed by atoms with Crippen LogP contribution in [-0.2, 0) is 6.54 Å². The van der Waals surface area contributed by atoms with Gasteiger partial charge in [-0.25, -0.2) is 4.98 Å². The van der Waals surface area contributed by atoms with Crippen LogP contribution in [0.3, 0.4) is 0 Å². The van der Waals surface area contributed by atoms with E-state index in [2.05, 4.69) is 10.3 Å². The molecule has 0 unspecified atom stereocenters. The fraction of sp³-hybridized carbons (Fsp3) is 0.0667. The number of carbonyl (C=O) groups is 1.